The summed E-state index contributed by atoms with van der Waals surface area (Å²) in [6, 6.07) is 13.5. The van der Waals surface area contributed by atoms with Gasteiger partial charge in [0.15, 0.2) is 5.60 Å². The lowest BCUT2D eigenvalue weighted by Gasteiger charge is -2.23. The number of nitrogens with zero attached hydrogens (tertiary/aromatic N) is 1. The largest absolute Gasteiger partial charge is 0.478 e. The molecule has 2 aromatic carbocycles. The van der Waals surface area contributed by atoms with E-state index in [1.807, 2.05) is 36.4 Å². The smallest absolute Gasteiger partial charge is 0.347 e. The topological polar surface area (TPSA) is 59.4 Å². The van der Waals surface area contributed by atoms with Crippen molar-refractivity contribution >= 4 is 28.3 Å². The Morgan fingerprint density at radius 3 is 2.56 bits per heavy atom. The molecule has 0 aliphatic rings. The van der Waals surface area contributed by atoms with Crippen molar-refractivity contribution in [2.24, 2.45) is 0 Å². The summed E-state index contributed by atoms with van der Waals surface area (Å²) < 4.78 is 5.74. The van der Waals surface area contributed by atoms with Gasteiger partial charge in [-0.05, 0) is 36.9 Å². The van der Waals surface area contributed by atoms with Gasteiger partial charge in [-0.15, -0.1) is 0 Å². The summed E-state index contributed by atoms with van der Waals surface area (Å²) in [7, 11) is 0. The number of ether oxygens (including phenoxy) is 1. The fourth-order valence-electron chi connectivity index (χ4n) is 2.65. The molecule has 1 aromatic heterocycles. The van der Waals surface area contributed by atoms with E-state index in [2.05, 4.69) is 4.98 Å². The fourth-order valence-corrected chi connectivity index (χ4v) is 2.88. The van der Waals surface area contributed by atoms with Gasteiger partial charge in [0.25, 0.3) is 0 Å². The van der Waals surface area contributed by atoms with E-state index in [0.717, 1.165) is 21.9 Å². The zero-order valence-electron chi connectivity index (χ0n) is 14.0. The van der Waals surface area contributed by atoms with Gasteiger partial charge >= 0.3 is 5.97 Å². The molecule has 0 aliphatic heterocycles. The van der Waals surface area contributed by atoms with Gasteiger partial charge in [-0.1, -0.05) is 41.9 Å². The minimum Gasteiger partial charge on any atom is -0.478 e. The lowest BCUT2D eigenvalue weighted by molar-refractivity contribution is -0.152. The maximum Gasteiger partial charge on any atom is 0.347 e. The lowest BCUT2D eigenvalue weighted by atomic mass is 9.98. The highest BCUT2D eigenvalue weighted by Gasteiger charge is 2.30. The van der Waals surface area contributed by atoms with Crippen LogP contribution in [-0.2, 0) is 11.2 Å². The van der Waals surface area contributed by atoms with Crippen molar-refractivity contribution in [3.63, 3.8) is 0 Å². The predicted molar refractivity (Wildman–Crippen MR) is 98.3 cm³/mol. The van der Waals surface area contributed by atoms with Crippen LogP contribution in [0.1, 0.15) is 25.0 Å². The van der Waals surface area contributed by atoms with Crippen LogP contribution >= 0.6 is 11.6 Å². The Morgan fingerprint density at radius 2 is 1.84 bits per heavy atom. The van der Waals surface area contributed by atoms with Gasteiger partial charge in [0.2, 0.25) is 0 Å². The van der Waals surface area contributed by atoms with E-state index in [4.69, 9.17) is 16.3 Å². The normalized spacial score (nSPS) is 11.5. The van der Waals surface area contributed by atoms with Gasteiger partial charge in [0.1, 0.15) is 5.75 Å². The molecule has 0 aliphatic carbocycles. The molecule has 0 radical (unpaired) electrons. The summed E-state index contributed by atoms with van der Waals surface area (Å²) >= 11 is 6.28. The average molecular weight is 356 g/mol. The van der Waals surface area contributed by atoms with Gasteiger partial charge in [0.05, 0.1) is 0 Å². The van der Waals surface area contributed by atoms with Crippen LogP contribution in [0.15, 0.2) is 54.9 Å². The molecule has 0 spiro atoms. The SMILES string of the molecule is CC(C)(Oc1ccncc1Cc1ccc(Cl)c2ccccc12)C(=O)O. The van der Waals surface area contributed by atoms with Crippen LogP contribution in [0.5, 0.6) is 5.75 Å². The van der Waals surface area contributed by atoms with Crippen molar-refractivity contribution in [2.75, 3.05) is 0 Å². The Labute approximate surface area is 151 Å². The van der Waals surface area contributed by atoms with Crippen molar-refractivity contribution in [3.8, 4) is 5.75 Å². The highest BCUT2D eigenvalue weighted by atomic mass is 35.5. The minimum absolute atomic E-state index is 0.515. The van der Waals surface area contributed by atoms with Gasteiger partial charge in [-0.3, -0.25) is 4.98 Å². The fraction of sp³-hybridized carbons (Fsp3) is 0.200. The molecule has 0 saturated heterocycles. The molecule has 0 bridgehead atoms. The number of fused-ring (bicyclic) bond motifs is 1. The van der Waals surface area contributed by atoms with E-state index < -0.39 is 11.6 Å². The molecule has 4 nitrogen and oxygen atoms in total. The Morgan fingerprint density at radius 1 is 1.12 bits per heavy atom. The summed E-state index contributed by atoms with van der Waals surface area (Å²) in [5.74, 6) is -0.506. The number of halogens is 1. The molecule has 3 rings (SSSR count). The molecular formula is C20H18ClNO3. The van der Waals surface area contributed by atoms with Crippen LogP contribution in [-0.4, -0.2) is 21.7 Å². The van der Waals surface area contributed by atoms with Crippen molar-refractivity contribution in [2.45, 2.75) is 25.9 Å². The van der Waals surface area contributed by atoms with E-state index in [9.17, 15) is 9.90 Å². The molecule has 1 N–H and O–H groups in total. The first-order chi connectivity index (χ1) is 11.9. The number of aromatic nitrogens is 1. The molecule has 3 aromatic rings. The Balaban J connectivity index is 2.00. The molecule has 128 valence electrons. The van der Waals surface area contributed by atoms with Crippen LogP contribution < -0.4 is 4.74 Å². The van der Waals surface area contributed by atoms with Gasteiger partial charge in [-0.25, -0.2) is 4.79 Å². The number of carboxylic acids is 1. The third-order valence-corrected chi connectivity index (χ3v) is 4.41. The van der Waals surface area contributed by atoms with Crippen LogP contribution in [0.2, 0.25) is 5.02 Å². The van der Waals surface area contributed by atoms with Crippen LogP contribution in [0.25, 0.3) is 10.8 Å². The van der Waals surface area contributed by atoms with E-state index in [-0.39, 0.29) is 0 Å². The van der Waals surface area contributed by atoms with Crippen molar-refractivity contribution in [1.29, 1.82) is 0 Å². The molecule has 0 unspecified atom stereocenters. The van der Waals surface area contributed by atoms with E-state index in [0.29, 0.717) is 17.2 Å². The molecule has 1 heterocycles. The number of hydrogen-bond acceptors (Lipinski definition) is 3. The molecule has 25 heavy (non-hydrogen) atoms. The van der Waals surface area contributed by atoms with Crippen LogP contribution in [0.3, 0.4) is 0 Å². The second-order valence-electron chi connectivity index (χ2n) is 6.33. The summed E-state index contributed by atoms with van der Waals surface area (Å²) in [5.41, 5.74) is 0.577. The summed E-state index contributed by atoms with van der Waals surface area (Å²) in [5, 5.41) is 12.0. The molecule has 0 saturated carbocycles. The first-order valence-electron chi connectivity index (χ1n) is 7.90. The third-order valence-electron chi connectivity index (χ3n) is 4.08. The lowest BCUT2D eigenvalue weighted by Crippen LogP contribution is -2.38. The molecular weight excluding hydrogens is 338 g/mol. The molecule has 5 heteroatoms. The predicted octanol–water partition coefficient (Wildman–Crippen LogP) is 4.72. The number of hydrogen-bond donors (Lipinski definition) is 1. The number of rotatable bonds is 5. The van der Waals surface area contributed by atoms with Crippen molar-refractivity contribution in [3.05, 3.63) is 71.0 Å². The molecule has 0 fully saturated rings. The number of carboxylic acid groups (broad SMARTS) is 1. The van der Waals surface area contributed by atoms with E-state index in [1.165, 1.54) is 13.8 Å². The number of carbonyl (C=O) groups is 1. The maximum atomic E-state index is 11.4. The number of benzene rings is 2. The van der Waals surface area contributed by atoms with Gasteiger partial charge < -0.3 is 9.84 Å². The summed E-state index contributed by atoms with van der Waals surface area (Å²) in [6.45, 7) is 3.05. The maximum absolute atomic E-state index is 11.4. The van der Waals surface area contributed by atoms with Gasteiger partial charge in [-0.2, -0.15) is 0 Å². The Bertz CT molecular complexity index is 937. The molecule has 0 atom stereocenters. The van der Waals surface area contributed by atoms with Gasteiger partial charge in [0, 0.05) is 34.8 Å². The highest BCUT2D eigenvalue weighted by molar-refractivity contribution is 6.35. The van der Waals surface area contributed by atoms with E-state index in [1.54, 1.807) is 18.5 Å². The van der Waals surface area contributed by atoms with Crippen LogP contribution in [0, 0.1) is 0 Å². The number of pyridine rings is 1. The van der Waals surface area contributed by atoms with Crippen molar-refractivity contribution in [1.82, 2.24) is 4.98 Å². The minimum atomic E-state index is -1.32. The second kappa shape index (κ2) is 6.73. The number of aliphatic carboxylic acids is 1. The average Bonchev–Trinajstić information content (AvgIpc) is 2.59. The zero-order chi connectivity index (χ0) is 18.0. The highest BCUT2D eigenvalue weighted by Crippen LogP contribution is 2.30. The molecule has 0 amide bonds. The Kier molecular flexibility index (Phi) is 4.64. The standard InChI is InChI=1S/C20H18ClNO3/c1-20(2,19(23)24)25-18-9-10-22-12-14(18)11-13-7-8-17(21)16-6-4-3-5-15(13)16/h3-10,12H,11H2,1-2H3,(H,23,24). The third kappa shape index (κ3) is 3.59. The summed E-state index contributed by atoms with van der Waals surface area (Å²) in [6.07, 6.45) is 3.87. The zero-order valence-corrected chi connectivity index (χ0v) is 14.7. The summed E-state index contributed by atoms with van der Waals surface area (Å²) in [4.78, 5) is 15.5. The first-order valence-corrected chi connectivity index (χ1v) is 8.28. The second-order valence-corrected chi connectivity index (χ2v) is 6.74. The Hall–Kier alpha value is -2.59. The van der Waals surface area contributed by atoms with E-state index >= 15 is 0 Å². The van der Waals surface area contributed by atoms with Crippen LogP contribution in [0.4, 0.5) is 0 Å². The first kappa shape index (κ1) is 17.2. The quantitative estimate of drug-likeness (QED) is 0.719. The van der Waals surface area contributed by atoms with Crippen molar-refractivity contribution < 1.29 is 14.6 Å². The monoisotopic (exact) mass is 355 g/mol.